The normalized spacial score (nSPS) is 13.5. The summed E-state index contributed by atoms with van der Waals surface area (Å²) in [5.41, 5.74) is 1.59. The van der Waals surface area contributed by atoms with E-state index in [-0.39, 0.29) is 5.56 Å². The van der Waals surface area contributed by atoms with Gasteiger partial charge in [-0.2, -0.15) is 13.2 Å². The number of alkyl halides is 3. The maximum atomic E-state index is 13.0. The van der Waals surface area contributed by atoms with Crippen LogP contribution in [0.25, 0.3) is 0 Å². The zero-order valence-corrected chi connectivity index (χ0v) is 11.1. The van der Waals surface area contributed by atoms with E-state index in [4.69, 9.17) is 10.3 Å². The number of nitrogens with two attached hydrogens (primary N) is 1. The first-order valence-corrected chi connectivity index (χ1v) is 6.09. The van der Waals surface area contributed by atoms with E-state index >= 15 is 0 Å². The van der Waals surface area contributed by atoms with Crippen LogP contribution in [-0.4, -0.2) is 0 Å². The van der Waals surface area contributed by atoms with E-state index in [1.54, 1.807) is 12.1 Å². The highest BCUT2D eigenvalue weighted by Gasteiger charge is 2.36. The first-order chi connectivity index (χ1) is 8.93. The summed E-state index contributed by atoms with van der Waals surface area (Å²) in [7, 11) is 0. The van der Waals surface area contributed by atoms with Gasteiger partial charge < -0.3 is 4.42 Å². The summed E-state index contributed by atoms with van der Waals surface area (Å²) in [5.74, 6) is 5.67. The molecule has 3 nitrogen and oxygen atoms in total. The Balaban J connectivity index is 2.55. The SMILES string of the molecule is NNC(c1ccco1)c1ccc(Br)cc1C(F)(F)F. The van der Waals surface area contributed by atoms with Gasteiger partial charge in [0.05, 0.1) is 11.8 Å². The van der Waals surface area contributed by atoms with Crippen molar-refractivity contribution >= 4 is 15.9 Å². The summed E-state index contributed by atoms with van der Waals surface area (Å²) in [6.07, 6.45) is -3.09. The molecule has 0 radical (unpaired) electrons. The van der Waals surface area contributed by atoms with Crippen LogP contribution in [0.15, 0.2) is 45.5 Å². The minimum Gasteiger partial charge on any atom is -0.467 e. The van der Waals surface area contributed by atoms with Crippen molar-refractivity contribution in [3.05, 3.63) is 58.0 Å². The van der Waals surface area contributed by atoms with Gasteiger partial charge in [0.2, 0.25) is 0 Å². The third-order valence-electron chi connectivity index (χ3n) is 2.63. The molecular formula is C12H10BrF3N2O. The lowest BCUT2D eigenvalue weighted by Crippen LogP contribution is -2.30. The molecule has 0 amide bonds. The molecule has 1 unspecified atom stereocenters. The lowest BCUT2D eigenvalue weighted by atomic mass is 9.98. The van der Waals surface area contributed by atoms with Crippen molar-refractivity contribution in [2.75, 3.05) is 0 Å². The van der Waals surface area contributed by atoms with Gasteiger partial charge >= 0.3 is 6.18 Å². The Morgan fingerprint density at radius 2 is 2.00 bits per heavy atom. The maximum absolute atomic E-state index is 13.0. The molecule has 19 heavy (non-hydrogen) atoms. The van der Waals surface area contributed by atoms with Crippen LogP contribution in [0.1, 0.15) is 22.9 Å². The first-order valence-electron chi connectivity index (χ1n) is 5.29. The van der Waals surface area contributed by atoms with Crippen molar-refractivity contribution in [3.8, 4) is 0 Å². The van der Waals surface area contributed by atoms with Crippen LogP contribution < -0.4 is 11.3 Å². The second-order valence-corrected chi connectivity index (χ2v) is 4.76. The van der Waals surface area contributed by atoms with Gasteiger partial charge in [-0.1, -0.05) is 22.0 Å². The Kier molecular flexibility index (Phi) is 3.98. The van der Waals surface area contributed by atoms with Crippen LogP contribution in [-0.2, 0) is 6.18 Å². The number of halogens is 4. The summed E-state index contributed by atoms with van der Waals surface area (Å²) < 4.78 is 44.6. The predicted octanol–water partition coefficient (Wildman–Crippen LogP) is 3.61. The second-order valence-electron chi connectivity index (χ2n) is 3.84. The fourth-order valence-corrected chi connectivity index (χ4v) is 2.17. The molecule has 1 atom stereocenters. The molecule has 0 spiro atoms. The zero-order chi connectivity index (χ0) is 14.0. The van der Waals surface area contributed by atoms with Gasteiger partial charge in [-0.3, -0.25) is 5.84 Å². The van der Waals surface area contributed by atoms with E-state index in [0.29, 0.717) is 10.2 Å². The Morgan fingerprint density at radius 3 is 2.53 bits per heavy atom. The molecule has 0 bridgehead atoms. The highest BCUT2D eigenvalue weighted by Crippen LogP contribution is 2.37. The van der Waals surface area contributed by atoms with Crippen LogP contribution in [0, 0.1) is 0 Å². The second kappa shape index (κ2) is 5.36. The summed E-state index contributed by atoms with van der Waals surface area (Å²) in [6, 6.07) is 6.19. The number of rotatable bonds is 3. The zero-order valence-electron chi connectivity index (χ0n) is 9.54. The highest BCUT2D eigenvalue weighted by atomic mass is 79.9. The minimum absolute atomic E-state index is 0.00755. The van der Waals surface area contributed by atoms with E-state index in [0.717, 1.165) is 6.07 Å². The first kappa shape index (κ1) is 14.1. The predicted molar refractivity (Wildman–Crippen MR) is 67.0 cm³/mol. The fourth-order valence-electron chi connectivity index (χ4n) is 1.81. The Labute approximate surface area is 115 Å². The molecule has 0 fully saturated rings. The molecule has 0 saturated carbocycles. The van der Waals surface area contributed by atoms with Gasteiger partial charge in [0, 0.05) is 4.47 Å². The number of hydrogen-bond acceptors (Lipinski definition) is 3. The third kappa shape index (κ3) is 2.99. The Bertz CT molecular complexity index is 555. The number of benzene rings is 1. The van der Waals surface area contributed by atoms with Crippen molar-refractivity contribution in [2.45, 2.75) is 12.2 Å². The molecule has 7 heteroatoms. The van der Waals surface area contributed by atoms with Gasteiger partial charge in [-0.15, -0.1) is 0 Å². The summed E-state index contributed by atoms with van der Waals surface area (Å²) in [5, 5.41) is 0. The van der Waals surface area contributed by atoms with Crippen LogP contribution >= 0.6 is 15.9 Å². The van der Waals surface area contributed by atoms with Crippen molar-refractivity contribution in [3.63, 3.8) is 0 Å². The lowest BCUT2D eigenvalue weighted by molar-refractivity contribution is -0.138. The maximum Gasteiger partial charge on any atom is 0.416 e. The van der Waals surface area contributed by atoms with Crippen molar-refractivity contribution < 1.29 is 17.6 Å². The molecule has 0 aliphatic rings. The molecule has 3 N–H and O–H groups in total. The van der Waals surface area contributed by atoms with Crippen LogP contribution in [0.3, 0.4) is 0 Å². The molecule has 0 saturated heterocycles. The van der Waals surface area contributed by atoms with E-state index < -0.39 is 17.8 Å². The number of hydrogen-bond donors (Lipinski definition) is 2. The molecule has 102 valence electrons. The smallest absolute Gasteiger partial charge is 0.416 e. The van der Waals surface area contributed by atoms with E-state index in [1.165, 1.54) is 18.4 Å². The summed E-state index contributed by atoms with van der Waals surface area (Å²) >= 11 is 3.03. The molecule has 1 aromatic heterocycles. The average molecular weight is 335 g/mol. The highest BCUT2D eigenvalue weighted by molar-refractivity contribution is 9.10. The topological polar surface area (TPSA) is 51.2 Å². The van der Waals surface area contributed by atoms with Gasteiger partial charge in [0.15, 0.2) is 0 Å². The largest absolute Gasteiger partial charge is 0.467 e. The minimum atomic E-state index is -4.47. The van der Waals surface area contributed by atoms with E-state index in [1.807, 2.05) is 0 Å². The molecule has 1 aromatic carbocycles. The van der Waals surface area contributed by atoms with Gasteiger partial charge in [-0.25, -0.2) is 5.43 Å². The Morgan fingerprint density at radius 1 is 1.26 bits per heavy atom. The summed E-state index contributed by atoms with van der Waals surface area (Å²) in [4.78, 5) is 0. The quantitative estimate of drug-likeness (QED) is 0.665. The standard InChI is InChI=1S/C12H10BrF3N2O/c13-7-3-4-8(9(6-7)12(14,15)16)11(18-17)10-2-1-5-19-10/h1-6,11,18H,17H2. The van der Waals surface area contributed by atoms with Crippen LogP contribution in [0.4, 0.5) is 13.2 Å². The van der Waals surface area contributed by atoms with Crippen molar-refractivity contribution in [1.29, 1.82) is 0 Å². The summed E-state index contributed by atoms with van der Waals surface area (Å²) in [6.45, 7) is 0. The van der Waals surface area contributed by atoms with Crippen LogP contribution in [0.2, 0.25) is 0 Å². The van der Waals surface area contributed by atoms with Gasteiger partial charge in [-0.05, 0) is 29.8 Å². The van der Waals surface area contributed by atoms with Gasteiger partial charge in [0.1, 0.15) is 11.8 Å². The lowest BCUT2D eigenvalue weighted by Gasteiger charge is -2.19. The molecule has 2 rings (SSSR count). The van der Waals surface area contributed by atoms with E-state index in [9.17, 15) is 13.2 Å². The molecule has 1 heterocycles. The van der Waals surface area contributed by atoms with Crippen molar-refractivity contribution in [2.24, 2.45) is 5.84 Å². The average Bonchev–Trinajstić information content (AvgIpc) is 2.84. The number of furan rings is 1. The number of nitrogens with one attached hydrogen (secondary N) is 1. The third-order valence-corrected chi connectivity index (χ3v) is 3.12. The van der Waals surface area contributed by atoms with E-state index in [2.05, 4.69) is 21.4 Å². The molecule has 0 aliphatic carbocycles. The molecule has 2 aromatic rings. The fraction of sp³-hybridized carbons (Fsp3) is 0.167. The monoisotopic (exact) mass is 334 g/mol. The Hall–Kier alpha value is -1.31. The molecular weight excluding hydrogens is 325 g/mol. The number of hydrazine groups is 1. The molecule has 0 aliphatic heterocycles. The van der Waals surface area contributed by atoms with Crippen molar-refractivity contribution in [1.82, 2.24) is 5.43 Å². The van der Waals surface area contributed by atoms with Crippen LogP contribution in [0.5, 0.6) is 0 Å². The van der Waals surface area contributed by atoms with Gasteiger partial charge in [0.25, 0.3) is 0 Å².